The molecule has 2 fully saturated rings. The number of nitrogens with one attached hydrogen (secondary N) is 2. The van der Waals surface area contributed by atoms with Crippen molar-refractivity contribution >= 4 is 17.8 Å². The predicted octanol–water partition coefficient (Wildman–Crippen LogP) is 3.73. The zero-order valence-corrected chi connectivity index (χ0v) is 17.7. The van der Waals surface area contributed by atoms with Gasteiger partial charge in [0.1, 0.15) is 12.1 Å². The molecule has 1 aliphatic carbocycles. The summed E-state index contributed by atoms with van der Waals surface area (Å²) in [5.41, 5.74) is 1.26. The largest absolute Gasteiger partial charge is 0.347 e. The van der Waals surface area contributed by atoms with Crippen molar-refractivity contribution in [3.8, 4) is 0 Å². The molecule has 0 bridgehead atoms. The van der Waals surface area contributed by atoms with Crippen LogP contribution in [0.15, 0.2) is 60.7 Å². The molecule has 2 aliphatic rings. The number of carbonyl (C=O) groups excluding carboxylic acids is 3. The van der Waals surface area contributed by atoms with Gasteiger partial charge >= 0.3 is 6.03 Å². The molecule has 1 spiro atoms. The number of hydrogen-bond donors (Lipinski definition) is 2. The number of rotatable bonds is 6. The average Bonchev–Trinajstić information content (AvgIpc) is 2.94. The molecule has 1 aliphatic heterocycles. The van der Waals surface area contributed by atoms with Crippen molar-refractivity contribution in [2.75, 3.05) is 6.54 Å². The van der Waals surface area contributed by atoms with Crippen LogP contribution in [0, 0.1) is 0 Å². The van der Waals surface area contributed by atoms with Gasteiger partial charge in [0.15, 0.2) is 0 Å². The molecule has 6 nitrogen and oxygen atoms in total. The third-order valence-corrected chi connectivity index (χ3v) is 6.32. The Kier molecular flexibility index (Phi) is 6.35. The van der Waals surface area contributed by atoms with Crippen LogP contribution in [-0.2, 0) is 16.0 Å². The van der Waals surface area contributed by atoms with Crippen LogP contribution in [0.5, 0.6) is 0 Å². The molecule has 1 unspecified atom stereocenters. The van der Waals surface area contributed by atoms with Crippen LogP contribution in [0.1, 0.15) is 55.7 Å². The van der Waals surface area contributed by atoms with E-state index in [1.807, 2.05) is 60.7 Å². The Morgan fingerprint density at radius 1 is 0.935 bits per heavy atom. The summed E-state index contributed by atoms with van der Waals surface area (Å²) in [5.74, 6) is -0.590. The lowest BCUT2D eigenvalue weighted by Gasteiger charge is -2.25. The Bertz CT molecular complexity index is 922. The van der Waals surface area contributed by atoms with Crippen LogP contribution < -0.4 is 10.6 Å². The van der Waals surface area contributed by atoms with E-state index >= 15 is 0 Å². The summed E-state index contributed by atoms with van der Waals surface area (Å²) in [6.07, 6.45) is 5.90. The smallest absolute Gasteiger partial charge is 0.325 e. The average molecular weight is 420 g/mol. The zero-order valence-electron chi connectivity index (χ0n) is 17.7. The molecule has 1 atom stereocenters. The molecule has 6 heteroatoms. The molecule has 4 amide bonds. The molecule has 2 aromatic rings. The fourth-order valence-corrected chi connectivity index (χ4v) is 4.66. The Morgan fingerprint density at radius 2 is 1.55 bits per heavy atom. The molecule has 31 heavy (non-hydrogen) atoms. The number of amides is 4. The first-order valence-corrected chi connectivity index (χ1v) is 11.1. The van der Waals surface area contributed by atoms with Crippen molar-refractivity contribution in [1.82, 2.24) is 15.5 Å². The first-order valence-electron chi connectivity index (χ1n) is 11.1. The van der Waals surface area contributed by atoms with Crippen LogP contribution in [0.3, 0.4) is 0 Å². The van der Waals surface area contributed by atoms with Crippen molar-refractivity contribution in [1.29, 1.82) is 0 Å². The van der Waals surface area contributed by atoms with Crippen LogP contribution in [0.2, 0.25) is 0 Å². The third kappa shape index (κ3) is 4.79. The topological polar surface area (TPSA) is 78.5 Å². The molecular weight excluding hydrogens is 390 g/mol. The van der Waals surface area contributed by atoms with Crippen molar-refractivity contribution in [2.45, 2.75) is 56.5 Å². The van der Waals surface area contributed by atoms with Crippen LogP contribution in [0.25, 0.3) is 0 Å². The molecule has 2 N–H and O–H groups in total. The highest BCUT2D eigenvalue weighted by Crippen LogP contribution is 2.32. The highest BCUT2D eigenvalue weighted by Gasteiger charge is 2.51. The molecular formula is C25H29N3O3. The molecule has 0 radical (unpaired) electrons. The van der Waals surface area contributed by atoms with E-state index in [0.717, 1.165) is 41.7 Å². The van der Waals surface area contributed by atoms with Gasteiger partial charge < -0.3 is 10.6 Å². The van der Waals surface area contributed by atoms with Crippen LogP contribution in [0.4, 0.5) is 4.79 Å². The van der Waals surface area contributed by atoms with Gasteiger partial charge in [-0.2, -0.15) is 0 Å². The van der Waals surface area contributed by atoms with Gasteiger partial charge in [-0.1, -0.05) is 86.3 Å². The van der Waals surface area contributed by atoms with E-state index in [0.29, 0.717) is 19.3 Å². The Hall–Kier alpha value is -3.15. The van der Waals surface area contributed by atoms with E-state index in [-0.39, 0.29) is 24.4 Å². The molecule has 1 saturated carbocycles. The quantitative estimate of drug-likeness (QED) is 0.701. The minimum atomic E-state index is -0.823. The predicted molar refractivity (Wildman–Crippen MR) is 118 cm³/mol. The summed E-state index contributed by atoms with van der Waals surface area (Å²) in [7, 11) is 0. The van der Waals surface area contributed by atoms with Gasteiger partial charge in [0.25, 0.3) is 5.91 Å². The molecule has 1 heterocycles. The van der Waals surface area contributed by atoms with Crippen LogP contribution >= 0.6 is 0 Å². The van der Waals surface area contributed by atoms with Crippen molar-refractivity contribution < 1.29 is 14.4 Å². The van der Waals surface area contributed by atoms with Gasteiger partial charge in [-0.15, -0.1) is 0 Å². The highest BCUT2D eigenvalue weighted by atomic mass is 16.2. The number of benzene rings is 2. The summed E-state index contributed by atoms with van der Waals surface area (Å²) < 4.78 is 0. The minimum Gasteiger partial charge on any atom is -0.347 e. The summed E-state index contributed by atoms with van der Waals surface area (Å²) in [6.45, 7) is -0.259. The summed E-state index contributed by atoms with van der Waals surface area (Å²) in [5, 5.41) is 5.94. The van der Waals surface area contributed by atoms with E-state index in [1.165, 1.54) is 0 Å². The van der Waals surface area contributed by atoms with E-state index in [2.05, 4.69) is 10.6 Å². The van der Waals surface area contributed by atoms with Gasteiger partial charge in [-0.05, 0) is 30.4 Å². The lowest BCUT2D eigenvalue weighted by molar-refractivity contribution is -0.135. The van der Waals surface area contributed by atoms with Gasteiger partial charge in [-0.25, -0.2) is 4.79 Å². The van der Waals surface area contributed by atoms with Gasteiger partial charge in [-0.3, -0.25) is 14.5 Å². The summed E-state index contributed by atoms with van der Waals surface area (Å²) in [4.78, 5) is 39.7. The maximum atomic E-state index is 13.1. The normalized spacial score (nSPS) is 19.0. The summed E-state index contributed by atoms with van der Waals surface area (Å²) >= 11 is 0. The monoisotopic (exact) mass is 419 g/mol. The molecule has 0 aromatic heterocycles. The van der Waals surface area contributed by atoms with Crippen molar-refractivity contribution in [3.63, 3.8) is 0 Å². The molecule has 1 saturated heterocycles. The second kappa shape index (κ2) is 9.33. The Balaban J connectivity index is 1.46. The molecule has 162 valence electrons. The highest BCUT2D eigenvalue weighted by molar-refractivity contribution is 6.09. The summed E-state index contributed by atoms with van der Waals surface area (Å²) in [6, 6.07) is 19.0. The zero-order chi connectivity index (χ0) is 21.7. The Morgan fingerprint density at radius 3 is 2.19 bits per heavy atom. The minimum absolute atomic E-state index is 0.247. The SMILES string of the molecule is O=C(CN1C(=O)NC2(CCCCCC2)C1=O)NC(Cc1ccccc1)c1ccccc1. The van der Waals surface area contributed by atoms with E-state index in [4.69, 9.17) is 0 Å². The molecule has 4 rings (SSSR count). The number of imide groups is 1. The van der Waals surface area contributed by atoms with Gasteiger partial charge in [0.2, 0.25) is 5.91 Å². The maximum absolute atomic E-state index is 13.1. The van der Waals surface area contributed by atoms with E-state index < -0.39 is 11.6 Å². The first kappa shape index (κ1) is 21.1. The van der Waals surface area contributed by atoms with Crippen LogP contribution in [-0.4, -0.2) is 34.8 Å². The Labute approximate surface area is 183 Å². The van der Waals surface area contributed by atoms with Crippen molar-refractivity contribution in [3.05, 3.63) is 71.8 Å². The maximum Gasteiger partial charge on any atom is 0.325 e. The van der Waals surface area contributed by atoms with E-state index in [1.54, 1.807) is 0 Å². The standard InChI is InChI=1S/C25H29N3O3/c29-22(18-28-23(30)25(27-24(28)31)15-9-1-2-10-16-25)26-21(20-13-7-4-8-14-20)17-19-11-5-3-6-12-19/h3-8,11-14,21H,1-2,9-10,15-18H2,(H,26,29)(H,27,31). The second-order valence-corrected chi connectivity index (χ2v) is 8.54. The van der Waals surface area contributed by atoms with Gasteiger partial charge in [0, 0.05) is 0 Å². The number of urea groups is 1. The second-order valence-electron chi connectivity index (χ2n) is 8.54. The number of hydrogen-bond acceptors (Lipinski definition) is 3. The van der Waals surface area contributed by atoms with Crippen molar-refractivity contribution in [2.24, 2.45) is 0 Å². The first-order chi connectivity index (χ1) is 15.1. The third-order valence-electron chi connectivity index (χ3n) is 6.32. The fourth-order valence-electron chi connectivity index (χ4n) is 4.66. The van der Waals surface area contributed by atoms with Gasteiger partial charge in [0.05, 0.1) is 6.04 Å². The number of carbonyl (C=O) groups is 3. The fraction of sp³-hybridized carbons (Fsp3) is 0.400. The van der Waals surface area contributed by atoms with E-state index in [9.17, 15) is 14.4 Å². The lowest BCUT2D eigenvalue weighted by Crippen LogP contribution is -2.47. The lowest BCUT2D eigenvalue weighted by atomic mass is 9.90. The number of nitrogens with zero attached hydrogens (tertiary/aromatic N) is 1. The molecule has 2 aromatic carbocycles.